The van der Waals surface area contributed by atoms with Crippen LogP contribution in [0.5, 0.6) is 0 Å². The lowest BCUT2D eigenvalue weighted by Gasteiger charge is -2.50. The molecular formula is C27H50O7. The lowest BCUT2D eigenvalue weighted by molar-refractivity contribution is -0.213. The van der Waals surface area contributed by atoms with E-state index in [0.29, 0.717) is 0 Å². The van der Waals surface area contributed by atoms with Crippen LogP contribution in [0.25, 0.3) is 0 Å². The molecule has 0 saturated carbocycles. The predicted molar refractivity (Wildman–Crippen MR) is 133 cm³/mol. The van der Waals surface area contributed by atoms with Gasteiger partial charge in [-0.25, -0.2) is 4.79 Å². The molecule has 0 aromatic rings. The minimum Gasteiger partial charge on any atom is -0.481 e. The van der Waals surface area contributed by atoms with Gasteiger partial charge in [-0.05, 0) is 53.3 Å². The number of carbonyl (C=O) groups is 3. The lowest BCUT2D eigenvalue weighted by Crippen LogP contribution is -2.66. The zero-order chi connectivity index (χ0) is 27.7. The van der Waals surface area contributed by atoms with E-state index in [-0.39, 0.29) is 53.3 Å². The first-order valence-corrected chi connectivity index (χ1v) is 12.3. The Hall–Kier alpha value is -1.63. The molecule has 5 unspecified atom stereocenters. The summed E-state index contributed by atoms with van der Waals surface area (Å²) in [5.74, 6) is -7.48. The van der Waals surface area contributed by atoms with Crippen LogP contribution >= 0.6 is 0 Å². The molecule has 0 rings (SSSR count). The third-order valence-corrected chi connectivity index (χ3v) is 8.60. The van der Waals surface area contributed by atoms with E-state index in [1.807, 2.05) is 76.2 Å². The van der Waals surface area contributed by atoms with Crippen molar-refractivity contribution in [2.45, 2.75) is 108 Å². The van der Waals surface area contributed by atoms with Gasteiger partial charge < -0.3 is 20.4 Å². The highest BCUT2D eigenvalue weighted by molar-refractivity contribution is 5.93. The van der Waals surface area contributed by atoms with E-state index in [1.165, 1.54) is 0 Å². The Morgan fingerprint density at radius 3 is 1.15 bits per heavy atom. The van der Waals surface area contributed by atoms with Gasteiger partial charge in [0.2, 0.25) is 0 Å². The smallest absolute Gasteiger partial charge is 0.337 e. The van der Waals surface area contributed by atoms with E-state index in [9.17, 15) is 34.8 Å². The summed E-state index contributed by atoms with van der Waals surface area (Å²) in [7, 11) is 0. The Morgan fingerprint density at radius 1 is 0.618 bits per heavy atom. The molecule has 0 bridgehead atoms. The van der Waals surface area contributed by atoms with Crippen molar-refractivity contribution in [3.8, 4) is 0 Å². The molecular weight excluding hydrogens is 436 g/mol. The fourth-order valence-electron chi connectivity index (χ4n) is 4.23. The predicted octanol–water partition coefficient (Wildman–Crippen LogP) is 5.79. The lowest BCUT2D eigenvalue weighted by atomic mass is 9.54. The highest BCUT2D eigenvalue weighted by atomic mass is 16.4. The topological polar surface area (TPSA) is 132 Å². The minimum absolute atomic E-state index is 0.162. The van der Waals surface area contributed by atoms with Gasteiger partial charge in [0, 0.05) is 0 Å². The first-order valence-electron chi connectivity index (χ1n) is 12.3. The van der Waals surface area contributed by atoms with Gasteiger partial charge >= 0.3 is 17.9 Å². The van der Waals surface area contributed by atoms with Gasteiger partial charge in [-0.15, -0.1) is 0 Å². The first-order chi connectivity index (χ1) is 14.9. The van der Waals surface area contributed by atoms with Crippen LogP contribution in [0.3, 0.4) is 0 Å². The number of hydrogen-bond donors (Lipinski definition) is 4. The summed E-state index contributed by atoms with van der Waals surface area (Å²) in [6.45, 7) is 22.7. The van der Waals surface area contributed by atoms with Crippen LogP contribution in [0.4, 0.5) is 0 Å². The van der Waals surface area contributed by atoms with E-state index in [2.05, 4.69) is 0 Å². The largest absolute Gasteiger partial charge is 0.481 e. The summed E-state index contributed by atoms with van der Waals surface area (Å²) >= 11 is 0. The van der Waals surface area contributed by atoms with Crippen molar-refractivity contribution in [2.75, 3.05) is 0 Å². The fourth-order valence-corrected chi connectivity index (χ4v) is 4.23. The van der Waals surface area contributed by atoms with Crippen LogP contribution in [0.15, 0.2) is 0 Å². The van der Waals surface area contributed by atoms with Crippen LogP contribution in [-0.2, 0) is 14.4 Å². The maximum atomic E-state index is 13.1. The molecule has 0 aliphatic heterocycles. The van der Waals surface area contributed by atoms with Crippen LogP contribution < -0.4 is 0 Å². The molecule has 7 heteroatoms. The molecule has 7 nitrogen and oxygen atoms in total. The van der Waals surface area contributed by atoms with Crippen molar-refractivity contribution in [3.63, 3.8) is 0 Å². The van der Waals surface area contributed by atoms with E-state index < -0.39 is 34.8 Å². The molecule has 5 atom stereocenters. The Labute approximate surface area is 206 Å². The van der Waals surface area contributed by atoms with Crippen LogP contribution in [0.2, 0.25) is 0 Å². The summed E-state index contributed by atoms with van der Waals surface area (Å²) in [5, 5.41) is 43.2. The SMILES string of the molecule is CC(CC(C(=O)O)C(O)(C(=O)O)C(CC(C)C(C)(C)C)(CC(C)C(C)(C)C)C(=O)O)C(C)(C)C. The van der Waals surface area contributed by atoms with E-state index in [4.69, 9.17) is 0 Å². The maximum absolute atomic E-state index is 13.1. The summed E-state index contributed by atoms with van der Waals surface area (Å²) in [6, 6.07) is 0. The fraction of sp³-hybridized carbons (Fsp3) is 0.889. The summed E-state index contributed by atoms with van der Waals surface area (Å²) in [4.78, 5) is 38.5. The number of aliphatic hydroxyl groups is 1. The van der Waals surface area contributed by atoms with Gasteiger partial charge in [0.05, 0.1) is 5.92 Å². The average molecular weight is 487 g/mol. The zero-order valence-corrected chi connectivity index (χ0v) is 23.4. The van der Waals surface area contributed by atoms with Crippen LogP contribution in [-0.4, -0.2) is 43.9 Å². The molecule has 0 heterocycles. The standard InChI is InChI=1S/C27H50O7/c1-16(23(4,5)6)13-19(20(28)29)27(34,22(32)33)26(21(30)31,14-17(2)24(7,8)9)15-18(3)25(10,11)12/h16-19,34H,13-15H2,1-12H3,(H,28,29)(H,30,31)(H,32,33). The van der Waals surface area contributed by atoms with Gasteiger partial charge in [0.1, 0.15) is 5.41 Å². The molecule has 34 heavy (non-hydrogen) atoms. The van der Waals surface area contributed by atoms with Crippen molar-refractivity contribution in [3.05, 3.63) is 0 Å². The number of hydrogen-bond acceptors (Lipinski definition) is 4. The quantitative estimate of drug-likeness (QED) is 0.290. The van der Waals surface area contributed by atoms with Gasteiger partial charge in [0.15, 0.2) is 5.60 Å². The highest BCUT2D eigenvalue weighted by Crippen LogP contribution is 2.53. The average Bonchev–Trinajstić information content (AvgIpc) is 2.61. The van der Waals surface area contributed by atoms with Crippen molar-refractivity contribution >= 4 is 17.9 Å². The van der Waals surface area contributed by atoms with E-state index in [1.54, 1.807) is 6.92 Å². The summed E-state index contributed by atoms with van der Waals surface area (Å²) in [6.07, 6.45) is -0.490. The molecule has 0 aromatic heterocycles. The van der Waals surface area contributed by atoms with Crippen molar-refractivity contribution in [2.24, 2.45) is 45.3 Å². The van der Waals surface area contributed by atoms with E-state index >= 15 is 0 Å². The molecule has 0 aliphatic carbocycles. The molecule has 0 aliphatic rings. The van der Waals surface area contributed by atoms with Crippen molar-refractivity contribution < 1.29 is 34.8 Å². The number of carboxylic acids is 3. The molecule has 0 saturated heterocycles. The number of rotatable bonds is 11. The Morgan fingerprint density at radius 2 is 0.941 bits per heavy atom. The van der Waals surface area contributed by atoms with Gasteiger partial charge in [-0.2, -0.15) is 0 Å². The second-order valence-electron chi connectivity index (χ2n) is 13.8. The third kappa shape index (κ3) is 6.96. The zero-order valence-electron chi connectivity index (χ0n) is 23.4. The second kappa shape index (κ2) is 10.5. The number of carboxylic acid groups (broad SMARTS) is 3. The Bertz CT molecular complexity index is 714. The second-order valence-corrected chi connectivity index (χ2v) is 13.8. The Balaban J connectivity index is 7.31. The molecule has 0 spiro atoms. The van der Waals surface area contributed by atoms with Crippen molar-refractivity contribution in [1.29, 1.82) is 0 Å². The summed E-state index contributed by atoms with van der Waals surface area (Å²) in [5.41, 5.74) is -6.36. The number of aliphatic carboxylic acids is 3. The molecule has 0 aromatic carbocycles. The molecule has 0 radical (unpaired) electrons. The first kappa shape index (κ1) is 32.4. The van der Waals surface area contributed by atoms with Crippen LogP contribution in [0, 0.1) is 45.3 Å². The van der Waals surface area contributed by atoms with Crippen molar-refractivity contribution in [1.82, 2.24) is 0 Å². The molecule has 200 valence electrons. The summed E-state index contributed by atoms with van der Waals surface area (Å²) < 4.78 is 0. The monoisotopic (exact) mass is 486 g/mol. The maximum Gasteiger partial charge on any atom is 0.337 e. The highest BCUT2D eigenvalue weighted by Gasteiger charge is 2.67. The van der Waals surface area contributed by atoms with Gasteiger partial charge in [0.25, 0.3) is 0 Å². The molecule has 0 fully saturated rings. The molecule has 4 N–H and O–H groups in total. The van der Waals surface area contributed by atoms with E-state index in [0.717, 1.165) is 0 Å². The Kier molecular flexibility index (Phi) is 10.0. The minimum atomic E-state index is -3.01. The third-order valence-electron chi connectivity index (χ3n) is 8.60. The van der Waals surface area contributed by atoms with Crippen LogP contribution in [0.1, 0.15) is 102 Å². The van der Waals surface area contributed by atoms with Gasteiger partial charge in [-0.3, -0.25) is 9.59 Å². The normalized spacial score (nSPS) is 20.4. The molecule has 0 amide bonds. The van der Waals surface area contributed by atoms with Gasteiger partial charge in [-0.1, -0.05) is 83.1 Å².